The number of anilines is 1. The molecule has 0 atom stereocenters. The first kappa shape index (κ1) is 12.6. The number of hydrogen-bond donors (Lipinski definition) is 1. The summed E-state index contributed by atoms with van der Waals surface area (Å²) in [6, 6.07) is 3.06. The van der Waals surface area contributed by atoms with Crippen molar-refractivity contribution in [3.63, 3.8) is 0 Å². The minimum absolute atomic E-state index is 0.00986. The highest BCUT2D eigenvalue weighted by Gasteiger charge is 2.17. The molecule has 1 N–H and O–H groups in total. The third-order valence-electron chi connectivity index (χ3n) is 1.90. The number of halogens is 2. The van der Waals surface area contributed by atoms with E-state index >= 15 is 0 Å². The van der Waals surface area contributed by atoms with Crippen molar-refractivity contribution >= 4 is 11.6 Å². The number of rotatable bonds is 2. The third-order valence-corrected chi connectivity index (χ3v) is 1.90. The molecule has 0 saturated heterocycles. The van der Waals surface area contributed by atoms with Crippen molar-refractivity contribution < 1.29 is 13.6 Å². The van der Waals surface area contributed by atoms with Gasteiger partial charge in [0.25, 0.3) is 0 Å². The second-order valence-electron chi connectivity index (χ2n) is 4.91. The fraction of sp³-hybridized carbons (Fsp3) is 0.417. The molecule has 4 heteroatoms. The van der Waals surface area contributed by atoms with Gasteiger partial charge < -0.3 is 5.32 Å². The highest BCUT2D eigenvalue weighted by Crippen LogP contribution is 2.21. The Balaban J connectivity index is 2.70. The van der Waals surface area contributed by atoms with Crippen LogP contribution in [0.1, 0.15) is 27.2 Å². The molecule has 16 heavy (non-hydrogen) atoms. The number of benzene rings is 1. The maximum absolute atomic E-state index is 13.2. The van der Waals surface area contributed by atoms with Crippen LogP contribution in [0.15, 0.2) is 18.2 Å². The van der Waals surface area contributed by atoms with Crippen molar-refractivity contribution in [2.24, 2.45) is 5.41 Å². The van der Waals surface area contributed by atoms with Gasteiger partial charge in [-0.15, -0.1) is 0 Å². The number of carbonyl (C=O) groups excluding carboxylic acids is 1. The van der Waals surface area contributed by atoms with Crippen LogP contribution in [0.3, 0.4) is 0 Å². The maximum atomic E-state index is 13.2. The summed E-state index contributed by atoms with van der Waals surface area (Å²) in [7, 11) is 0. The smallest absolute Gasteiger partial charge is 0.224 e. The lowest BCUT2D eigenvalue weighted by Crippen LogP contribution is -2.20. The Bertz CT molecular complexity index is 396. The van der Waals surface area contributed by atoms with E-state index in [4.69, 9.17) is 0 Å². The summed E-state index contributed by atoms with van der Waals surface area (Å²) in [5, 5.41) is 2.41. The Hall–Kier alpha value is -1.45. The predicted molar refractivity (Wildman–Crippen MR) is 59.1 cm³/mol. The fourth-order valence-corrected chi connectivity index (χ4v) is 1.27. The van der Waals surface area contributed by atoms with Gasteiger partial charge in [0.05, 0.1) is 5.69 Å². The molecule has 0 saturated carbocycles. The number of hydrogen-bond acceptors (Lipinski definition) is 1. The van der Waals surface area contributed by atoms with Gasteiger partial charge in [-0.2, -0.15) is 0 Å². The molecule has 1 aromatic rings. The van der Waals surface area contributed by atoms with E-state index < -0.39 is 11.6 Å². The molecule has 2 nitrogen and oxygen atoms in total. The Morgan fingerprint density at radius 3 is 2.44 bits per heavy atom. The van der Waals surface area contributed by atoms with E-state index in [0.717, 1.165) is 12.1 Å². The predicted octanol–water partition coefficient (Wildman–Crippen LogP) is 3.34. The molecule has 0 heterocycles. The van der Waals surface area contributed by atoms with Crippen molar-refractivity contribution in [2.75, 3.05) is 5.32 Å². The van der Waals surface area contributed by atoms with Crippen molar-refractivity contribution in [1.29, 1.82) is 0 Å². The molecule has 0 unspecified atom stereocenters. The van der Waals surface area contributed by atoms with Crippen LogP contribution < -0.4 is 5.32 Å². The van der Waals surface area contributed by atoms with Crippen molar-refractivity contribution in [3.8, 4) is 0 Å². The number of nitrogens with one attached hydrogen (secondary N) is 1. The first-order valence-corrected chi connectivity index (χ1v) is 5.03. The quantitative estimate of drug-likeness (QED) is 0.824. The number of amides is 1. The molecule has 1 amide bonds. The summed E-state index contributed by atoms with van der Waals surface area (Å²) in [6.45, 7) is 5.73. The van der Waals surface area contributed by atoms with Gasteiger partial charge >= 0.3 is 0 Å². The van der Waals surface area contributed by atoms with Crippen LogP contribution in [0.4, 0.5) is 14.5 Å². The maximum Gasteiger partial charge on any atom is 0.224 e. The first-order valence-electron chi connectivity index (χ1n) is 5.03. The summed E-state index contributed by atoms with van der Waals surface area (Å²) < 4.78 is 25.8. The summed E-state index contributed by atoms with van der Waals surface area (Å²) in [6.07, 6.45) is 0.282. The van der Waals surface area contributed by atoms with Crippen LogP contribution in [0.25, 0.3) is 0 Å². The molecule has 0 aromatic heterocycles. The average Bonchev–Trinajstić information content (AvgIpc) is 2.06. The SMILES string of the molecule is CC(C)(C)CC(=O)Nc1ccc(F)cc1F. The van der Waals surface area contributed by atoms with Gasteiger partial charge in [-0.1, -0.05) is 20.8 Å². The Labute approximate surface area is 93.7 Å². The van der Waals surface area contributed by atoms with Crippen LogP contribution in [0.5, 0.6) is 0 Å². The van der Waals surface area contributed by atoms with Crippen LogP contribution in [0.2, 0.25) is 0 Å². The largest absolute Gasteiger partial charge is 0.324 e. The molecule has 0 bridgehead atoms. The van der Waals surface area contributed by atoms with Gasteiger partial charge in [-0.25, -0.2) is 8.78 Å². The zero-order chi connectivity index (χ0) is 12.3. The van der Waals surface area contributed by atoms with E-state index in [1.807, 2.05) is 20.8 Å². The standard InChI is InChI=1S/C12H15F2NO/c1-12(2,3)7-11(16)15-10-5-4-8(13)6-9(10)14/h4-6H,7H2,1-3H3,(H,15,16). The first-order chi connectivity index (χ1) is 7.28. The zero-order valence-electron chi connectivity index (χ0n) is 9.60. The van der Waals surface area contributed by atoms with Gasteiger partial charge in [-0.05, 0) is 17.5 Å². The van der Waals surface area contributed by atoms with Crippen molar-refractivity contribution in [1.82, 2.24) is 0 Å². The minimum Gasteiger partial charge on any atom is -0.324 e. The normalized spacial score (nSPS) is 11.3. The van der Waals surface area contributed by atoms with Crippen LogP contribution >= 0.6 is 0 Å². The minimum atomic E-state index is -0.762. The highest BCUT2D eigenvalue weighted by molar-refractivity contribution is 5.91. The monoisotopic (exact) mass is 227 g/mol. The fourth-order valence-electron chi connectivity index (χ4n) is 1.27. The van der Waals surface area contributed by atoms with Gasteiger partial charge in [-0.3, -0.25) is 4.79 Å². The molecule has 0 aliphatic rings. The molecule has 0 aliphatic heterocycles. The Kier molecular flexibility index (Phi) is 3.62. The van der Waals surface area contributed by atoms with Gasteiger partial charge in [0.2, 0.25) is 5.91 Å². The van der Waals surface area contributed by atoms with Crippen LogP contribution in [-0.4, -0.2) is 5.91 Å². The second kappa shape index (κ2) is 4.60. The van der Waals surface area contributed by atoms with Gasteiger partial charge in [0, 0.05) is 12.5 Å². The lowest BCUT2D eigenvalue weighted by Gasteiger charge is -2.17. The summed E-state index contributed by atoms with van der Waals surface area (Å²) in [4.78, 5) is 11.5. The zero-order valence-corrected chi connectivity index (χ0v) is 9.60. The van der Waals surface area contributed by atoms with Crippen LogP contribution in [0, 0.1) is 17.0 Å². The van der Waals surface area contributed by atoms with Gasteiger partial charge in [0.1, 0.15) is 11.6 Å². The average molecular weight is 227 g/mol. The highest BCUT2D eigenvalue weighted by atomic mass is 19.1. The lowest BCUT2D eigenvalue weighted by molar-refractivity contribution is -0.117. The summed E-state index contributed by atoms with van der Waals surface area (Å²) >= 11 is 0. The molecule has 0 fully saturated rings. The summed E-state index contributed by atoms with van der Waals surface area (Å²) in [5.74, 6) is -1.70. The second-order valence-corrected chi connectivity index (χ2v) is 4.91. The van der Waals surface area contributed by atoms with E-state index in [0.29, 0.717) is 0 Å². The molecule has 88 valence electrons. The van der Waals surface area contributed by atoms with E-state index in [1.165, 1.54) is 6.07 Å². The van der Waals surface area contributed by atoms with E-state index in [9.17, 15) is 13.6 Å². The molecular formula is C12H15F2NO. The Morgan fingerprint density at radius 2 is 1.94 bits per heavy atom. The third kappa shape index (κ3) is 3.96. The molecule has 0 aliphatic carbocycles. The van der Waals surface area contributed by atoms with Crippen molar-refractivity contribution in [3.05, 3.63) is 29.8 Å². The van der Waals surface area contributed by atoms with Crippen LogP contribution in [-0.2, 0) is 4.79 Å². The molecule has 1 aromatic carbocycles. The van der Waals surface area contributed by atoms with E-state index in [-0.39, 0.29) is 23.4 Å². The molecule has 0 radical (unpaired) electrons. The molecule has 0 spiro atoms. The Morgan fingerprint density at radius 1 is 1.31 bits per heavy atom. The van der Waals surface area contributed by atoms with E-state index in [1.54, 1.807) is 0 Å². The topological polar surface area (TPSA) is 29.1 Å². The molecular weight excluding hydrogens is 212 g/mol. The lowest BCUT2D eigenvalue weighted by atomic mass is 9.92. The molecule has 1 rings (SSSR count). The van der Waals surface area contributed by atoms with Crippen molar-refractivity contribution in [2.45, 2.75) is 27.2 Å². The van der Waals surface area contributed by atoms with E-state index in [2.05, 4.69) is 5.32 Å². The number of carbonyl (C=O) groups is 1. The van der Waals surface area contributed by atoms with Gasteiger partial charge in [0.15, 0.2) is 0 Å². The summed E-state index contributed by atoms with van der Waals surface area (Å²) in [5.41, 5.74) is -0.156.